The first-order valence-corrected chi connectivity index (χ1v) is 4.47. The lowest BCUT2D eigenvalue weighted by Gasteiger charge is -1.97. The highest BCUT2D eigenvalue weighted by Gasteiger charge is 2.08. The van der Waals surface area contributed by atoms with E-state index in [1.54, 1.807) is 18.2 Å². The van der Waals surface area contributed by atoms with E-state index in [0.29, 0.717) is 22.1 Å². The van der Waals surface area contributed by atoms with E-state index < -0.39 is 0 Å². The molecule has 0 aliphatic rings. The molecule has 0 bridgehead atoms. The molecule has 0 aliphatic carbocycles. The second kappa shape index (κ2) is 3.20. The van der Waals surface area contributed by atoms with Crippen molar-refractivity contribution >= 4 is 29.3 Å². The predicted molar refractivity (Wildman–Crippen MR) is 61.7 cm³/mol. The summed E-state index contributed by atoms with van der Waals surface area (Å²) in [5.41, 5.74) is 7.21. The van der Waals surface area contributed by atoms with Crippen molar-refractivity contribution < 1.29 is 9.52 Å². The van der Waals surface area contributed by atoms with Gasteiger partial charge in [-0.25, -0.2) is 0 Å². The molecule has 0 saturated heterocycles. The van der Waals surface area contributed by atoms with Crippen LogP contribution in [0.4, 0.5) is 5.69 Å². The van der Waals surface area contributed by atoms with Crippen LogP contribution >= 0.6 is 0 Å². The number of furan rings is 1. The Bertz CT molecular complexity index is 638. The minimum absolute atomic E-state index is 0.0435. The molecule has 0 atom stereocenters. The first kappa shape index (κ1) is 9.40. The van der Waals surface area contributed by atoms with Crippen LogP contribution in [0.5, 0.6) is 5.75 Å². The Kier molecular flexibility index (Phi) is 2.01. The summed E-state index contributed by atoms with van der Waals surface area (Å²) in [7, 11) is 0. The highest BCUT2D eigenvalue weighted by Crippen LogP contribution is 2.26. The van der Waals surface area contributed by atoms with Crippen LogP contribution in [0.2, 0.25) is 0 Å². The Labute approximate surface area is 86.4 Å². The highest BCUT2D eigenvalue weighted by atomic mass is 16.3. The van der Waals surface area contributed by atoms with Crippen LogP contribution in [0.3, 0.4) is 0 Å². The van der Waals surface area contributed by atoms with Gasteiger partial charge in [0.1, 0.15) is 16.7 Å². The van der Waals surface area contributed by atoms with E-state index >= 15 is 0 Å². The number of anilines is 1. The molecule has 15 heavy (non-hydrogen) atoms. The molecular weight excluding hydrogens is 190 g/mol. The average Bonchev–Trinajstić information content (AvgIpc) is 2.51. The maximum absolute atomic E-state index is 9.49. The molecule has 0 amide bonds. The average molecular weight is 201 g/mol. The molecule has 0 aliphatic heterocycles. The van der Waals surface area contributed by atoms with Gasteiger partial charge in [-0.1, -0.05) is 25.3 Å². The number of phenols is 1. The zero-order valence-corrected chi connectivity index (χ0v) is 8.16. The highest BCUT2D eigenvalue weighted by molar-refractivity contribution is 5.93. The molecule has 0 fully saturated rings. The summed E-state index contributed by atoms with van der Waals surface area (Å²) in [6.07, 6.45) is 3.38. The van der Waals surface area contributed by atoms with Crippen LogP contribution in [0.15, 0.2) is 29.2 Å². The Morgan fingerprint density at radius 3 is 2.80 bits per heavy atom. The summed E-state index contributed by atoms with van der Waals surface area (Å²) in [6, 6.07) is 3.16. The standard InChI is InChI=1S/C12H11NO2/c1-3-4-8-7(2)15-10-6-5-9(14)12(13)11(8)10/h3-6,14H,1-2,13H2/b8-4+. The first-order valence-electron chi connectivity index (χ1n) is 4.47. The van der Waals surface area contributed by atoms with Crippen molar-refractivity contribution in [1.29, 1.82) is 0 Å². The van der Waals surface area contributed by atoms with Gasteiger partial charge in [0, 0.05) is 5.22 Å². The molecule has 1 aromatic heterocycles. The molecule has 1 aromatic carbocycles. The van der Waals surface area contributed by atoms with Gasteiger partial charge in [-0.2, -0.15) is 0 Å². The maximum Gasteiger partial charge on any atom is 0.139 e. The summed E-state index contributed by atoms with van der Waals surface area (Å²) in [5.74, 6) is 0.0435. The van der Waals surface area contributed by atoms with Gasteiger partial charge in [0.05, 0.1) is 11.1 Å². The summed E-state index contributed by atoms with van der Waals surface area (Å²) in [4.78, 5) is 0. The number of nitrogen functional groups attached to an aromatic ring is 1. The van der Waals surface area contributed by atoms with E-state index in [4.69, 9.17) is 10.2 Å². The number of benzene rings is 1. The van der Waals surface area contributed by atoms with E-state index in [1.165, 1.54) is 6.07 Å². The van der Waals surface area contributed by atoms with Crippen LogP contribution in [0, 0.1) is 0 Å². The number of nitrogens with two attached hydrogens (primary N) is 1. The first-order chi connectivity index (χ1) is 7.15. The van der Waals surface area contributed by atoms with E-state index in [9.17, 15) is 5.11 Å². The molecule has 0 radical (unpaired) electrons. The van der Waals surface area contributed by atoms with Gasteiger partial charge in [-0.05, 0) is 12.1 Å². The van der Waals surface area contributed by atoms with Gasteiger partial charge >= 0.3 is 0 Å². The minimum atomic E-state index is 0.0435. The number of phenolic OH excluding ortho intramolecular Hbond substituents is 1. The van der Waals surface area contributed by atoms with Gasteiger partial charge in [0.25, 0.3) is 0 Å². The lowest BCUT2D eigenvalue weighted by Crippen LogP contribution is -2.18. The van der Waals surface area contributed by atoms with Crippen LogP contribution in [-0.2, 0) is 0 Å². The topological polar surface area (TPSA) is 59.4 Å². The van der Waals surface area contributed by atoms with Crippen molar-refractivity contribution in [3.05, 3.63) is 35.4 Å². The molecule has 3 nitrogen and oxygen atoms in total. The number of allylic oxidation sites excluding steroid dienone is 1. The van der Waals surface area contributed by atoms with Gasteiger partial charge in [-0.15, -0.1) is 0 Å². The van der Waals surface area contributed by atoms with E-state index in [-0.39, 0.29) is 5.75 Å². The van der Waals surface area contributed by atoms with Crippen molar-refractivity contribution in [2.24, 2.45) is 0 Å². The molecule has 76 valence electrons. The number of hydrogen-bond acceptors (Lipinski definition) is 3. The number of aromatic hydroxyl groups is 1. The molecule has 3 N–H and O–H groups in total. The predicted octanol–water partition coefficient (Wildman–Crippen LogP) is 1.10. The second-order valence-corrected chi connectivity index (χ2v) is 3.21. The largest absolute Gasteiger partial charge is 0.506 e. The minimum Gasteiger partial charge on any atom is -0.506 e. The fourth-order valence-corrected chi connectivity index (χ4v) is 1.57. The summed E-state index contributed by atoms with van der Waals surface area (Å²) in [6.45, 7) is 7.37. The molecule has 0 saturated carbocycles. The SMILES string of the molecule is C=C/C=c1\c(=C)oc2ccc(O)c(N)c12. The van der Waals surface area contributed by atoms with E-state index in [1.807, 2.05) is 0 Å². The van der Waals surface area contributed by atoms with Crippen LogP contribution < -0.4 is 16.4 Å². The molecule has 0 unspecified atom stereocenters. The Morgan fingerprint density at radius 1 is 1.40 bits per heavy atom. The Hall–Kier alpha value is -2.16. The monoisotopic (exact) mass is 201 g/mol. The molecule has 3 heteroatoms. The summed E-state index contributed by atoms with van der Waals surface area (Å²) >= 11 is 0. The Balaban J connectivity index is 3.10. The van der Waals surface area contributed by atoms with Crippen molar-refractivity contribution in [3.63, 3.8) is 0 Å². The molecule has 2 rings (SSSR count). The molecule has 1 heterocycles. The third-order valence-electron chi connectivity index (χ3n) is 2.27. The number of rotatable bonds is 1. The van der Waals surface area contributed by atoms with Crippen LogP contribution in [0.1, 0.15) is 0 Å². The molecule has 0 spiro atoms. The van der Waals surface area contributed by atoms with Gasteiger partial charge in [0.15, 0.2) is 0 Å². The smallest absolute Gasteiger partial charge is 0.139 e. The fourth-order valence-electron chi connectivity index (χ4n) is 1.57. The third kappa shape index (κ3) is 1.29. The lowest BCUT2D eigenvalue weighted by molar-refractivity contribution is 0.478. The van der Waals surface area contributed by atoms with E-state index in [2.05, 4.69) is 13.2 Å². The van der Waals surface area contributed by atoms with Crippen molar-refractivity contribution in [2.45, 2.75) is 0 Å². The molecular formula is C12H11NO2. The van der Waals surface area contributed by atoms with Crippen molar-refractivity contribution in [2.75, 3.05) is 5.73 Å². The maximum atomic E-state index is 9.49. The lowest BCUT2D eigenvalue weighted by atomic mass is 10.1. The molecule has 2 aromatic rings. The van der Waals surface area contributed by atoms with Crippen LogP contribution in [-0.4, -0.2) is 5.11 Å². The third-order valence-corrected chi connectivity index (χ3v) is 2.27. The number of hydrogen-bond donors (Lipinski definition) is 2. The van der Waals surface area contributed by atoms with Gasteiger partial charge in [0.2, 0.25) is 0 Å². The van der Waals surface area contributed by atoms with Crippen molar-refractivity contribution in [1.82, 2.24) is 0 Å². The quantitative estimate of drug-likeness (QED) is 0.536. The zero-order valence-electron chi connectivity index (χ0n) is 8.16. The number of fused-ring (bicyclic) bond motifs is 1. The second-order valence-electron chi connectivity index (χ2n) is 3.21. The van der Waals surface area contributed by atoms with Crippen LogP contribution in [0.25, 0.3) is 23.6 Å². The normalized spacial score (nSPS) is 12.1. The zero-order chi connectivity index (χ0) is 11.0. The van der Waals surface area contributed by atoms with Crippen molar-refractivity contribution in [3.8, 4) is 5.75 Å². The van der Waals surface area contributed by atoms with E-state index in [0.717, 1.165) is 5.22 Å². The Morgan fingerprint density at radius 2 is 2.13 bits per heavy atom. The van der Waals surface area contributed by atoms with Gasteiger partial charge in [-0.3, -0.25) is 0 Å². The summed E-state index contributed by atoms with van der Waals surface area (Å²) < 4.78 is 5.41. The van der Waals surface area contributed by atoms with Gasteiger partial charge < -0.3 is 15.3 Å². The fraction of sp³-hybridized carbons (Fsp3) is 0. The summed E-state index contributed by atoms with van der Waals surface area (Å²) in [5, 5.41) is 10.9.